The van der Waals surface area contributed by atoms with Gasteiger partial charge in [0.15, 0.2) is 11.6 Å². The Bertz CT molecular complexity index is 804. The summed E-state index contributed by atoms with van der Waals surface area (Å²) in [4.78, 5) is 15.4. The van der Waals surface area contributed by atoms with E-state index in [1.54, 1.807) is 6.92 Å². The van der Waals surface area contributed by atoms with Gasteiger partial charge in [-0.1, -0.05) is 51.0 Å². The average Bonchev–Trinajstić information content (AvgIpc) is 2.88. The van der Waals surface area contributed by atoms with Gasteiger partial charge in [0.2, 0.25) is 0 Å². The van der Waals surface area contributed by atoms with Gasteiger partial charge >= 0.3 is 5.97 Å². The molecule has 3 atom stereocenters. The van der Waals surface area contributed by atoms with Crippen LogP contribution >= 0.6 is 0 Å². The molecule has 0 aromatic heterocycles. The van der Waals surface area contributed by atoms with E-state index in [1.807, 2.05) is 13.0 Å². The lowest BCUT2D eigenvalue weighted by atomic mass is 9.69. The molecule has 3 unspecified atom stereocenters. The van der Waals surface area contributed by atoms with Crippen LogP contribution in [-0.2, 0) is 9.53 Å². The van der Waals surface area contributed by atoms with Gasteiger partial charge in [-0.25, -0.2) is 8.78 Å². The molecule has 3 aliphatic carbocycles. The summed E-state index contributed by atoms with van der Waals surface area (Å²) in [7, 11) is 0. The molecule has 0 bridgehead atoms. The van der Waals surface area contributed by atoms with Crippen molar-refractivity contribution in [2.24, 2.45) is 17.8 Å². The summed E-state index contributed by atoms with van der Waals surface area (Å²) in [6.07, 6.45) is 16.6. The van der Waals surface area contributed by atoms with Crippen LogP contribution in [0, 0.1) is 36.3 Å². The summed E-state index contributed by atoms with van der Waals surface area (Å²) in [5, 5.41) is 0. The molecule has 202 valence electrons. The second kappa shape index (κ2) is 13.3. The van der Waals surface area contributed by atoms with Crippen LogP contribution in [0.15, 0.2) is 12.1 Å². The first kappa shape index (κ1) is 27.5. The molecule has 5 heteroatoms. The smallest absolute Gasteiger partial charge is 0.306 e. The van der Waals surface area contributed by atoms with Crippen LogP contribution in [0.5, 0.6) is 0 Å². The van der Waals surface area contributed by atoms with Crippen molar-refractivity contribution in [3.63, 3.8) is 0 Å². The monoisotopic (exact) mass is 503 g/mol. The van der Waals surface area contributed by atoms with Crippen LogP contribution in [0.1, 0.15) is 114 Å². The third-order valence-corrected chi connectivity index (χ3v) is 9.25. The highest BCUT2D eigenvalue weighted by molar-refractivity contribution is 5.69. The first-order valence-corrected chi connectivity index (χ1v) is 14.8. The van der Waals surface area contributed by atoms with Crippen molar-refractivity contribution in [3.8, 4) is 0 Å². The normalized spacial score (nSPS) is 26.3. The van der Waals surface area contributed by atoms with E-state index in [-0.39, 0.29) is 23.8 Å². The lowest BCUT2D eigenvalue weighted by Crippen LogP contribution is -2.49. The number of carbonyl (C=O) groups is 1. The zero-order valence-electron chi connectivity index (χ0n) is 22.6. The maximum absolute atomic E-state index is 14.7. The van der Waals surface area contributed by atoms with Crippen molar-refractivity contribution in [2.75, 3.05) is 19.7 Å². The molecule has 3 aliphatic rings. The minimum absolute atomic E-state index is 0.0177. The third-order valence-electron chi connectivity index (χ3n) is 9.25. The first-order chi connectivity index (χ1) is 17.5. The van der Waals surface area contributed by atoms with Crippen molar-refractivity contribution < 1.29 is 18.3 Å². The molecule has 0 spiro atoms. The van der Waals surface area contributed by atoms with Crippen molar-refractivity contribution in [1.29, 1.82) is 0 Å². The summed E-state index contributed by atoms with van der Waals surface area (Å²) < 4.78 is 34.3. The van der Waals surface area contributed by atoms with E-state index in [0.29, 0.717) is 18.6 Å². The van der Waals surface area contributed by atoms with Gasteiger partial charge in [0.25, 0.3) is 0 Å². The molecule has 1 aromatic rings. The number of hydrogen-bond acceptors (Lipinski definition) is 3. The number of nitrogens with zero attached hydrogens (tertiary/aromatic N) is 1. The second-order valence-electron chi connectivity index (χ2n) is 11.9. The summed E-state index contributed by atoms with van der Waals surface area (Å²) >= 11 is 0. The molecule has 3 nitrogen and oxygen atoms in total. The lowest BCUT2D eigenvalue weighted by molar-refractivity contribution is -0.145. The SMILES string of the molecule is CCOC(=O)CC1CCCC(N(CC2CCCCC2)CC2CCCCC2)C1c1cc(C)c(F)c(F)c1. The lowest BCUT2D eigenvalue weighted by Gasteiger charge is -2.47. The largest absolute Gasteiger partial charge is 0.466 e. The van der Waals surface area contributed by atoms with Gasteiger partial charge in [-0.2, -0.15) is 0 Å². The van der Waals surface area contributed by atoms with Crippen molar-refractivity contribution >= 4 is 5.97 Å². The second-order valence-corrected chi connectivity index (χ2v) is 11.9. The Morgan fingerprint density at radius 1 is 0.889 bits per heavy atom. The Hall–Kier alpha value is -1.49. The molecule has 0 amide bonds. The Balaban J connectivity index is 1.66. The van der Waals surface area contributed by atoms with Gasteiger partial charge < -0.3 is 4.74 Å². The van der Waals surface area contributed by atoms with E-state index >= 15 is 0 Å². The molecule has 3 fully saturated rings. The molecule has 0 aliphatic heterocycles. The van der Waals surface area contributed by atoms with E-state index in [1.165, 1.54) is 70.3 Å². The number of benzene rings is 1. The van der Waals surface area contributed by atoms with E-state index < -0.39 is 11.6 Å². The van der Waals surface area contributed by atoms with Crippen LogP contribution in [-0.4, -0.2) is 36.6 Å². The van der Waals surface area contributed by atoms with E-state index in [2.05, 4.69) is 4.90 Å². The molecular formula is C31H47F2NO2. The predicted octanol–water partition coefficient (Wildman–Crippen LogP) is 7.94. The predicted molar refractivity (Wildman–Crippen MR) is 141 cm³/mol. The fraction of sp³-hybridized carbons (Fsp3) is 0.774. The molecule has 3 saturated carbocycles. The third kappa shape index (κ3) is 7.08. The van der Waals surface area contributed by atoms with E-state index in [4.69, 9.17) is 4.74 Å². The Kier molecular flexibility index (Phi) is 10.2. The number of hydrogen-bond donors (Lipinski definition) is 0. The van der Waals surface area contributed by atoms with Gasteiger partial charge in [0, 0.05) is 31.5 Å². The Morgan fingerprint density at radius 3 is 2.06 bits per heavy atom. The molecule has 0 N–H and O–H groups in total. The minimum Gasteiger partial charge on any atom is -0.466 e. The number of rotatable bonds is 9. The standard InChI is InChI=1S/C31H47F2NO2/c1-3-36-29(35)19-25-15-10-16-28(30(25)26-17-22(2)31(33)27(32)18-26)34(20-23-11-6-4-7-12-23)21-24-13-8-5-9-14-24/h17-18,23-25,28,30H,3-16,19-21H2,1-2H3. The molecular weight excluding hydrogens is 456 g/mol. The van der Waals surface area contributed by atoms with Gasteiger partial charge in [0.05, 0.1) is 6.61 Å². The molecule has 36 heavy (non-hydrogen) atoms. The minimum atomic E-state index is -0.768. The zero-order valence-corrected chi connectivity index (χ0v) is 22.6. The summed E-state index contributed by atoms with van der Waals surface area (Å²) in [6.45, 7) is 6.08. The fourth-order valence-corrected chi connectivity index (χ4v) is 7.52. The molecule has 0 heterocycles. The fourth-order valence-electron chi connectivity index (χ4n) is 7.52. The summed E-state index contributed by atoms with van der Waals surface area (Å²) in [6, 6.07) is 3.52. The van der Waals surface area contributed by atoms with Crippen molar-refractivity contribution in [1.82, 2.24) is 4.90 Å². The van der Waals surface area contributed by atoms with Gasteiger partial charge in [-0.15, -0.1) is 0 Å². The maximum atomic E-state index is 14.7. The highest BCUT2D eigenvalue weighted by Gasteiger charge is 2.40. The topological polar surface area (TPSA) is 29.5 Å². The Morgan fingerprint density at radius 2 is 1.50 bits per heavy atom. The highest BCUT2D eigenvalue weighted by Crippen LogP contribution is 2.44. The van der Waals surface area contributed by atoms with Crippen LogP contribution in [0.25, 0.3) is 0 Å². The van der Waals surface area contributed by atoms with Gasteiger partial charge in [-0.3, -0.25) is 9.69 Å². The van der Waals surface area contributed by atoms with Gasteiger partial charge in [0.1, 0.15) is 0 Å². The van der Waals surface area contributed by atoms with Crippen LogP contribution < -0.4 is 0 Å². The summed E-state index contributed by atoms with van der Waals surface area (Å²) in [5.74, 6) is -0.139. The maximum Gasteiger partial charge on any atom is 0.306 e. The van der Waals surface area contributed by atoms with E-state index in [9.17, 15) is 13.6 Å². The first-order valence-electron chi connectivity index (χ1n) is 14.8. The number of aryl methyl sites for hydroxylation is 1. The van der Waals surface area contributed by atoms with Crippen LogP contribution in [0.4, 0.5) is 8.78 Å². The number of halogens is 2. The van der Waals surface area contributed by atoms with Crippen LogP contribution in [0.3, 0.4) is 0 Å². The number of carbonyl (C=O) groups excluding carboxylic acids is 1. The summed E-state index contributed by atoms with van der Waals surface area (Å²) in [5.41, 5.74) is 1.22. The molecule has 1 aromatic carbocycles. The molecule has 4 rings (SSSR count). The average molecular weight is 504 g/mol. The number of ether oxygens (including phenoxy) is 1. The molecule has 0 radical (unpaired) electrons. The van der Waals surface area contributed by atoms with Crippen LogP contribution in [0.2, 0.25) is 0 Å². The molecule has 0 saturated heterocycles. The zero-order chi connectivity index (χ0) is 25.5. The van der Waals surface area contributed by atoms with Crippen molar-refractivity contribution in [2.45, 2.75) is 116 Å². The highest BCUT2D eigenvalue weighted by atomic mass is 19.2. The quantitative estimate of drug-likeness (QED) is 0.320. The van der Waals surface area contributed by atoms with E-state index in [0.717, 1.165) is 49.8 Å². The Labute approximate surface area is 217 Å². The number of esters is 1. The van der Waals surface area contributed by atoms with Crippen molar-refractivity contribution in [3.05, 3.63) is 34.9 Å². The van der Waals surface area contributed by atoms with Gasteiger partial charge in [-0.05, 0) is 87.3 Å².